The molecule has 0 amide bonds. The molecule has 2 aliphatic carbocycles. The van der Waals surface area contributed by atoms with Crippen molar-refractivity contribution in [2.75, 3.05) is 26.2 Å². The molecule has 1 heterocycles. The second-order valence-corrected chi connectivity index (χ2v) is 6.08. The van der Waals surface area contributed by atoms with Gasteiger partial charge in [0.15, 0.2) is 0 Å². The standard InChI is InChI=1S/C14H26N2O/c17-14-5-3-1-2-4-13(14)16-10-8-15(9-11-16)12-6-7-12/h12-14,17H,1-11H2. The van der Waals surface area contributed by atoms with Crippen molar-refractivity contribution < 1.29 is 5.11 Å². The average Bonchev–Trinajstić information content (AvgIpc) is 3.17. The van der Waals surface area contributed by atoms with Gasteiger partial charge in [0, 0.05) is 38.3 Å². The van der Waals surface area contributed by atoms with Crippen molar-refractivity contribution in [3.8, 4) is 0 Å². The van der Waals surface area contributed by atoms with E-state index < -0.39 is 0 Å². The van der Waals surface area contributed by atoms with Crippen molar-refractivity contribution in [2.24, 2.45) is 0 Å². The highest BCUT2D eigenvalue weighted by atomic mass is 16.3. The van der Waals surface area contributed by atoms with Gasteiger partial charge in [-0.3, -0.25) is 9.80 Å². The van der Waals surface area contributed by atoms with E-state index in [4.69, 9.17) is 0 Å². The van der Waals surface area contributed by atoms with Crippen LogP contribution in [0.3, 0.4) is 0 Å². The zero-order chi connectivity index (χ0) is 11.7. The Morgan fingerprint density at radius 3 is 2.06 bits per heavy atom. The molecular weight excluding hydrogens is 212 g/mol. The monoisotopic (exact) mass is 238 g/mol. The molecule has 0 aromatic heterocycles. The van der Waals surface area contributed by atoms with Crippen molar-refractivity contribution in [1.29, 1.82) is 0 Å². The van der Waals surface area contributed by atoms with Crippen LogP contribution in [0.1, 0.15) is 44.9 Å². The van der Waals surface area contributed by atoms with E-state index in [-0.39, 0.29) is 6.10 Å². The molecule has 0 radical (unpaired) electrons. The highest BCUT2D eigenvalue weighted by Crippen LogP contribution is 2.29. The molecule has 3 fully saturated rings. The Hall–Kier alpha value is -0.120. The Kier molecular flexibility index (Phi) is 3.69. The number of aliphatic hydroxyl groups is 1. The average molecular weight is 238 g/mol. The number of piperazine rings is 1. The van der Waals surface area contributed by atoms with Crippen LogP contribution < -0.4 is 0 Å². The van der Waals surface area contributed by atoms with Crippen LogP contribution in [-0.2, 0) is 0 Å². The van der Waals surface area contributed by atoms with Gasteiger partial charge in [-0.2, -0.15) is 0 Å². The summed E-state index contributed by atoms with van der Waals surface area (Å²) in [6, 6.07) is 1.37. The highest BCUT2D eigenvalue weighted by molar-refractivity contribution is 4.90. The molecule has 3 nitrogen and oxygen atoms in total. The number of rotatable bonds is 2. The second kappa shape index (κ2) is 5.25. The summed E-state index contributed by atoms with van der Waals surface area (Å²) in [5, 5.41) is 10.2. The molecule has 3 rings (SSSR count). The Morgan fingerprint density at radius 1 is 0.706 bits per heavy atom. The van der Waals surface area contributed by atoms with Crippen LogP contribution in [0, 0.1) is 0 Å². The number of hydrogen-bond donors (Lipinski definition) is 1. The van der Waals surface area contributed by atoms with Crippen LogP contribution in [0.4, 0.5) is 0 Å². The molecule has 0 spiro atoms. The Labute approximate surface area is 105 Å². The minimum Gasteiger partial charge on any atom is -0.391 e. The van der Waals surface area contributed by atoms with Gasteiger partial charge in [-0.25, -0.2) is 0 Å². The van der Waals surface area contributed by atoms with Gasteiger partial charge in [0.1, 0.15) is 0 Å². The predicted molar refractivity (Wildman–Crippen MR) is 69.0 cm³/mol. The molecule has 2 atom stereocenters. The summed E-state index contributed by atoms with van der Waals surface area (Å²) in [6.07, 6.45) is 8.86. The molecule has 0 aromatic rings. The summed E-state index contributed by atoms with van der Waals surface area (Å²) < 4.78 is 0. The molecule has 0 bridgehead atoms. The lowest BCUT2D eigenvalue weighted by Crippen LogP contribution is -2.53. The third kappa shape index (κ3) is 2.83. The molecule has 0 aromatic carbocycles. The largest absolute Gasteiger partial charge is 0.391 e. The number of aliphatic hydroxyl groups excluding tert-OH is 1. The summed E-state index contributed by atoms with van der Waals surface area (Å²) in [5.74, 6) is 0. The third-order valence-corrected chi connectivity index (χ3v) is 4.83. The summed E-state index contributed by atoms with van der Waals surface area (Å²) in [4.78, 5) is 5.22. The minimum absolute atomic E-state index is 0.0648. The van der Waals surface area contributed by atoms with Gasteiger partial charge in [0.25, 0.3) is 0 Å². The molecular formula is C14H26N2O. The Balaban J connectivity index is 1.53. The Bertz CT molecular complexity index is 247. The molecule has 17 heavy (non-hydrogen) atoms. The third-order valence-electron chi connectivity index (χ3n) is 4.83. The SMILES string of the molecule is OC1CCCCCC1N1CCN(C2CC2)CC1. The fourth-order valence-electron chi connectivity index (χ4n) is 3.57. The molecule has 1 aliphatic heterocycles. The van der Waals surface area contributed by atoms with E-state index in [1.165, 1.54) is 64.7 Å². The molecule has 1 saturated heterocycles. The zero-order valence-electron chi connectivity index (χ0n) is 10.9. The second-order valence-electron chi connectivity index (χ2n) is 6.08. The summed E-state index contributed by atoms with van der Waals surface area (Å²) in [6.45, 7) is 4.82. The molecule has 3 aliphatic rings. The van der Waals surface area contributed by atoms with Gasteiger partial charge in [-0.1, -0.05) is 19.3 Å². The van der Waals surface area contributed by atoms with Crippen LogP contribution in [0.5, 0.6) is 0 Å². The zero-order valence-corrected chi connectivity index (χ0v) is 10.9. The maximum Gasteiger partial charge on any atom is 0.0695 e. The van der Waals surface area contributed by atoms with Gasteiger partial charge in [0.2, 0.25) is 0 Å². The van der Waals surface area contributed by atoms with Gasteiger partial charge < -0.3 is 5.11 Å². The van der Waals surface area contributed by atoms with E-state index in [0.29, 0.717) is 6.04 Å². The fourth-order valence-corrected chi connectivity index (χ4v) is 3.57. The number of hydrogen-bond acceptors (Lipinski definition) is 3. The van der Waals surface area contributed by atoms with Crippen molar-refractivity contribution >= 4 is 0 Å². The molecule has 1 N–H and O–H groups in total. The van der Waals surface area contributed by atoms with E-state index in [1.807, 2.05) is 0 Å². The highest BCUT2D eigenvalue weighted by Gasteiger charge is 2.34. The van der Waals surface area contributed by atoms with Crippen molar-refractivity contribution in [3.05, 3.63) is 0 Å². The molecule has 2 unspecified atom stereocenters. The first-order valence-electron chi connectivity index (χ1n) is 7.51. The van der Waals surface area contributed by atoms with Crippen LogP contribution in [-0.4, -0.2) is 59.3 Å². The normalized spacial score (nSPS) is 37.9. The lowest BCUT2D eigenvalue weighted by molar-refractivity contribution is 0.0138. The van der Waals surface area contributed by atoms with E-state index in [1.54, 1.807) is 0 Å². The lowest BCUT2D eigenvalue weighted by Gasteiger charge is -2.40. The van der Waals surface area contributed by atoms with E-state index in [0.717, 1.165) is 12.5 Å². The van der Waals surface area contributed by atoms with Crippen LogP contribution in [0.2, 0.25) is 0 Å². The number of nitrogens with zero attached hydrogens (tertiary/aromatic N) is 2. The van der Waals surface area contributed by atoms with Gasteiger partial charge >= 0.3 is 0 Å². The molecule has 3 heteroatoms. The quantitative estimate of drug-likeness (QED) is 0.738. The summed E-state index contributed by atoms with van der Waals surface area (Å²) in [5.41, 5.74) is 0. The minimum atomic E-state index is -0.0648. The van der Waals surface area contributed by atoms with Gasteiger partial charge in [-0.15, -0.1) is 0 Å². The first kappa shape index (κ1) is 11.9. The van der Waals surface area contributed by atoms with Crippen LogP contribution in [0.15, 0.2) is 0 Å². The first-order chi connectivity index (χ1) is 8.34. The maximum absolute atomic E-state index is 10.2. The van der Waals surface area contributed by atoms with E-state index in [2.05, 4.69) is 9.80 Å². The predicted octanol–water partition coefficient (Wildman–Crippen LogP) is 1.46. The lowest BCUT2D eigenvalue weighted by atomic mass is 10.0. The molecule has 98 valence electrons. The van der Waals surface area contributed by atoms with E-state index >= 15 is 0 Å². The smallest absolute Gasteiger partial charge is 0.0695 e. The molecule has 2 saturated carbocycles. The summed E-state index contributed by atoms with van der Waals surface area (Å²) >= 11 is 0. The van der Waals surface area contributed by atoms with Crippen molar-refractivity contribution in [2.45, 2.75) is 63.1 Å². The first-order valence-corrected chi connectivity index (χ1v) is 7.51. The van der Waals surface area contributed by atoms with Gasteiger partial charge in [0.05, 0.1) is 6.10 Å². The Morgan fingerprint density at radius 2 is 1.35 bits per heavy atom. The summed E-state index contributed by atoms with van der Waals surface area (Å²) in [7, 11) is 0. The van der Waals surface area contributed by atoms with Crippen molar-refractivity contribution in [3.63, 3.8) is 0 Å². The van der Waals surface area contributed by atoms with Crippen LogP contribution in [0.25, 0.3) is 0 Å². The van der Waals surface area contributed by atoms with Crippen LogP contribution >= 0.6 is 0 Å². The fraction of sp³-hybridized carbons (Fsp3) is 1.00. The van der Waals surface area contributed by atoms with Gasteiger partial charge in [-0.05, 0) is 25.7 Å². The maximum atomic E-state index is 10.2. The topological polar surface area (TPSA) is 26.7 Å². The van der Waals surface area contributed by atoms with Crippen molar-refractivity contribution in [1.82, 2.24) is 9.80 Å². The van der Waals surface area contributed by atoms with E-state index in [9.17, 15) is 5.11 Å².